The summed E-state index contributed by atoms with van der Waals surface area (Å²) in [5.41, 5.74) is 2.46. The summed E-state index contributed by atoms with van der Waals surface area (Å²) in [6.45, 7) is 7.66. The summed E-state index contributed by atoms with van der Waals surface area (Å²) in [6, 6.07) is 8.05. The fourth-order valence-corrected chi connectivity index (χ4v) is 3.85. The van der Waals surface area contributed by atoms with E-state index in [1.807, 2.05) is 29.2 Å². The van der Waals surface area contributed by atoms with Crippen LogP contribution in [0.25, 0.3) is 0 Å². The van der Waals surface area contributed by atoms with E-state index in [9.17, 15) is 9.59 Å². The summed E-state index contributed by atoms with van der Waals surface area (Å²) in [5, 5.41) is 7.09. The minimum Gasteiger partial charge on any atom is -0.372 e. The van der Waals surface area contributed by atoms with Gasteiger partial charge in [0.15, 0.2) is 0 Å². The van der Waals surface area contributed by atoms with E-state index in [1.165, 1.54) is 18.5 Å². The Hall–Kier alpha value is -2.83. The zero-order valence-corrected chi connectivity index (χ0v) is 18.3. The van der Waals surface area contributed by atoms with Gasteiger partial charge in [-0.3, -0.25) is 14.3 Å². The number of carbonyl (C=O) groups is 2. The van der Waals surface area contributed by atoms with Crippen molar-refractivity contribution < 1.29 is 9.59 Å². The molecule has 30 heavy (non-hydrogen) atoms. The third kappa shape index (κ3) is 5.40. The Kier molecular flexibility index (Phi) is 7.49. The van der Waals surface area contributed by atoms with Crippen LogP contribution in [0.1, 0.15) is 60.2 Å². The lowest BCUT2D eigenvalue weighted by Gasteiger charge is -2.32. The number of rotatable bonds is 8. The van der Waals surface area contributed by atoms with Gasteiger partial charge in [0.05, 0.1) is 11.8 Å². The molecule has 162 valence electrons. The van der Waals surface area contributed by atoms with Crippen molar-refractivity contribution >= 4 is 17.5 Å². The summed E-state index contributed by atoms with van der Waals surface area (Å²) < 4.78 is 1.62. The van der Waals surface area contributed by atoms with Crippen molar-refractivity contribution in [3.05, 3.63) is 47.8 Å². The number of piperidine rings is 1. The van der Waals surface area contributed by atoms with Crippen molar-refractivity contribution in [1.82, 2.24) is 20.0 Å². The highest BCUT2D eigenvalue weighted by atomic mass is 16.2. The van der Waals surface area contributed by atoms with Gasteiger partial charge in [0.2, 0.25) is 0 Å². The van der Waals surface area contributed by atoms with E-state index in [4.69, 9.17) is 0 Å². The molecule has 1 aliphatic rings. The number of aromatic nitrogens is 2. The Balaban J connectivity index is 1.51. The maximum atomic E-state index is 12.9. The van der Waals surface area contributed by atoms with Gasteiger partial charge in [-0.25, -0.2) is 0 Å². The van der Waals surface area contributed by atoms with Crippen molar-refractivity contribution in [3.63, 3.8) is 0 Å². The van der Waals surface area contributed by atoms with E-state index in [1.54, 1.807) is 24.1 Å². The van der Waals surface area contributed by atoms with Crippen LogP contribution in [0.5, 0.6) is 0 Å². The van der Waals surface area contributed by atoms with E-state index in [-0.39, 0.29) is 17.9 Å². The van der Waals surface area contributed by atoms with Crippen molar-refractivity contribution in [2.45, 2.75) is 45.6 Å². The fourth-order valence-electron chi connectivity index (χ4n) is 3.85. The molecule has 0 aliphatic carbocycles. The van der Waals surface area contributed by atoms with Gasteiger partial charge in [-0.15, -0.1) is 0 Å². The second-order valence-electron chi connectivity index (χ2n) is 7.92. The molecule has 2 amide bonds. The number of aryl methyl sites for hydroxylation is 1. The lowest BCUT2D eigenvalue weighted by atomic mass is 10.0. The molecule has 3 rings (SSSR count). The first kappa shape index (κ1) is 21.9. The van der Waals surface area contributed by atoms with Crippen LogP contribution in [0.3, 0.4) is 0 Å². The van der Waals surface area contributed by atoms with Crippen LogP contribution in [0.4, 0.5) is 5.69 Å². The minimum atomic E-state index is -0.105. The Labute approximate surface area is 179 Å². The fraction of sp³-hybridized carbons (Fsp3) is 0.522. The second kappa shape index (κ2) is 10.3. The lowest BCUT2D eigenvalue weighted by Crippen LogP contribution is -2.46. The molecule has 1 N–H and O–H groups in total. The maximum absolute atomic E-state index is 12.9. The Morgan fingerprint density at radius 1 is 1.13 bits per heavy atom. The van der Waals surface area contributed by atoms with Gasteiger partial charge in [-0.05, 0) is 50.5 Å². The topological polar surface area (TPSA) is 70.5 Å². The Morgan fingerprint density at radius 2 is 1.83 bits per heavy atom. The smallest absolute Gasteiger partial charge is 0.254 e. The van der Waals surface area contributed by atoms with Gasteiger partial charge < -0.3 is 15.1 Å². The number of unbranched alkanes of at least 4 members (excludes halogenated alkanes) is 1. The van der Waals surface area contributed by atoms with Crippen LogP contribution >= 0.6 is 0 Å². The number of hydrogen-bond donors (Lipinski definition) is 1. The average molecular weight is 412 g/mol. The van der Waals surface area contributed by atoms with Gasteiger partial charge in [0.1, 0.15) is 0 Å². The Morgan fingerprint density at radius 3 is 2.40 bits per heavy atom. The van der Waals surface area contributed by atoms with Crippen molar-refractivity contribution in [2.24, 2.45) is 7.05 Å². The number of likely N-dealkylation sites (tertiary alicyclic amines) is 1. The molecule has 2 heterocycles. The number of hydrogen-bond acceptors (Lipinski definition) is 4. The predicted molar refractivity (Wildman–Crippen MR) is 119 cm³/mol. The summed E-state index contributed by atoms with van der Waals surface area (Å²) in [7, 11) is 1.79. The number of anilines is 1. The monoisotopic (exact) mass is 411 g/mol. The Bertz CT molecular complexity index is 838. The van der Waals surface area contributed by atoms with Crippen LogP contribution < -0.4 is 10.2 Å². The molecule has 0 spiro atoms. The number of nitrogens with one attached hydrogen (secondary N) is 1. The first-order valence-corrected chi connectivity index (χ1v) is 11.0. The van der Waals surface area contributed by atoms with Crippen LogP contribution in [-0.4, -0.2) is 58.7 Å². The highest BCUT2D eigenvalue weighted by Crippen LogP contribution is 2.19. The van der Waals surface area contributed by atoms with Crippen LogP contribution in [0.2, 0.25) is 0 Å². The molecule has 1 aromatic heterocycles. The van der Waals surface area contributed by atoms with Crippen molar-refractivity contribution in [1.29, 1.82) is 0 Å². The van der Waals surface area contributed by atoms with Gasteiger partial charge in [-0.2, -0.15) is 5.10 Å². The number of amides is 2. The maximum Gasteiger partial charge on any atom is 0.254 e. The van der Waals surface area contributed by atoms with E-state index in [2.05, 4.69) is 29.2 Å². The van der Waals surface area contributed by atoms with Crippen molar-refractivity contribution in [2.75, 3.05) is 31.1 Å². The average Bonchev–Trinajstić information content (AvgIpc) is 3.21. The molecule has 0 unspecified atom stereocenters. The molecule has 0 saturated carbocycles. The van der Waals surface area contributed by atoms with E-state index in [0.717, 1.165) is 31.5 Å². The number of benzene rings is 1. The van der Waals surface area contributed by atoms with Gasteiger partial charge in [0.25, 0.3) is 11.8 Å². The largest absolute Gasteiger partial charge is 0.372 e. The summed E-state index contributed by atoms with van der Waals surface area (Å²) in [6.07, 6.45) is 7.14. The summed E-state index contributed by atoms with van der Waals surface area (Å²) in [5.74, 6) is -0.0396. The zero-order chi connectivity index (χ0) is 21.5. The van der Waals surface area contributed by atoms with E-state index in [0.29, 0.717) is 18.7 Å². The summed E-state index contributed by atoms with van der Waals surface area (Å²) >= 11 is 0. The molecule has 1 saturated heterocycles. The summed E-state index contributed by atoms with van der Waals surface area (Å²) in [4.78, 5) is 29.4. The molecular weight excluding hydrogens is 378 g/mol. The minimum absolute atomic E-state index is 0.0650. The van der Waals surface area contributed by atoms with Crippen LogP contribution in [-0.2, 0) is 7.05 Å². The molecular formula is C23H33N5O2. The zero-order valence-electron chi connectivity index (χ0n) is 18.3. The molecule has 1 aromatic carbocycles. The van der Waals surface area contributed by atoms with E-state index >= 15 is 0 Å². The second-order valence-corrected chi connectivity index (χ2v) is 7.92. The first-order chi connectivity index (χ1) is 14.5. The highest BCUT2D eigenvalue weighted by Gasteiger charge is 2.25. The van der Waals surface area contributed by atoms with E-state index < -0.39 is 0 Å². The molecule has 7 nitrogen and oxygen atoms in total. The molecule has 1 fully saturated rings. The van der Waals surface area contributed by atoms with Gasteiger partial charge in [0, 0.05) is 56.7 Å². The molecule has 1 aliphatic heterocycles. The first-order valence-electron chi connectivity index (χ1n) is 11.0. The van der Waals surface area contributed by atoms with Gasteiger partial charge in [-0.1, -0.05) is 13.3 Å². The highest BCUT2D eigenvalue weighted by molar-refractivity contribution is 5.95. The normalized spacial score (nSPS) is 14.6. The molecule has 2 aromatic rings. The van der Waals surface area contributed by atoms with Crippen molar-refractivity contribution in [3.8, 4) is 0 Å². The van der Waals surface area contributed by atoms with Crippen LogP contribution in [0.15, 0.2) is 36.7 Å². The quantitative estimate of drug-likeness (QED) is 0.725. The SMILES string of the molecule is CCCCN(CC)c1ccc(C(=O)N2CCC(NC(=O)c3cnn(C)c3)CC2)cc1. The van der Waals surface area contributed by atoms with Gasteiger partial charge >= 0.3 is 0 Å². The van der Waals surface area contributed by atoms with Crippen LogP contribution in [0, 0.1) is 0 Å². The molecule has 0 bridgehead atoms. The molecule has 7 heteroatoms. The number of carbonyl (C=O) groups excluding carboxylic acids is 2. The molecule has 0 atom stereocenters. The predicted octanol–water partition coefficient (Wildman–Crippen LogP) is 3.08. The third-order valence-electron chi connectivity index (χ3n) is 5.73. The number of nitrogens with zero attached hydrogens (tertiary/aromatic N) is 4. The third-order valence-corrected chi connectivity index (χ3v) is 5.73. The lowest BCUT2D eigenvalue weighted by molar-refractivity contribution is 0.0698. The molecule has 0 radical (unpaired) electrons. The standard InChI is InChI=1S/C23H33N5O2/c1-4-6-13-27(5-2)21-9-7-18(8-10-21)23(30)28-14-11-20(12-15-28)25-22(29)19-16-24-26(3)17-19/h7-10,16-17,20H,4-6,11-15H2,1-3H3,(H,25,29).